The third-order valence-electron chi connectivity index (χ3n) is 14.8. The SMILES string of the molecule is N#Cc1cc(-n2c3ccc(-c4ccccc4)cc3c3cc(-c4ccccc4)ccc32)c(-c2cc(-c3ccccc3)nc(-c3ccccc3)n2)cc1-n1c2ccc(-c3ccccc3)cc2c2cc(-c3ccccc3)ccc21. The molecule has 0 aliphatic rings. The molecule has 5 heteroatoms. The van der Waals surface area contributed by atoms with Crippen molar-refractivity contribution in [3.05, 3.63) is 279 Å². The van der Waals surface area contributed by atoms with E-state index in [0.29, 0.717) is 11.4 Å². The molecule has 0 N–H and O–H groups in total. The first kappa shape index (κ1) is 44.3. The Hall–Kier alpha value is -10.4. The van der Waals surface area contributed by atoms with Crippen LogP contribution < -0.4 is 0 Å². The van der Waals surface area contributed by atoms with Crippen molar-refractivity contribution in [1.82, 2.24) is 19.1 Å². The summed E-state index contributed by atoms with van der Waals surface area (Å²) >= 11 is 0. The molecule has 0 fully saturated rings. The lowest BCUT2D eigenvalue weighted by Gasteiger charge is -2.19. The molecular weight excluding hydrogens is 923 g/mol. The second-order valence-electron chi connectivity index (χ2n) is 19.3. The first-order valence-electron chi connectivity index (χ1n) is 25.6. The molecule has 0 spiro atoms. The van der Waals surface area contributed by atoms with Gasteiger partial charge >= 0.3 is 0 Å². The van der Waals surface area contributed by atoms with E-state index in [-0.39, 0.29) is 0 Å². The van der Waals surface area contributed by atoms with Gasteiger partial charge in [0.2, 0.25) is 0 Å². The molecule has 0 aliphatic carbocycles. The summed E-state index contributed by atoms with van der Waals surface area (Å²) < 4.78 is 4.62. The second kappa shape index (κ2) is 18.6. The van der Waals surface area contributed by atoms with Gasteiger partial charge in [0, 0.05) is 38.2 Å². The van der Waals surface area contributed by atoms with Gasteiger partial charge in [0.1, 0.15) is 6.07 Å². The Kier molecular flexibility index (Phi) is 10.8. The molecular formula is C71H45N5. The number of hydrogen-bond acceptors (Lipinski definition) is 3. The third-order valence-corrected chi connectivity index (χ3v) is 14.8. The number of hydrogen-bond donors (Lipinski definition) is 0. The van der Waals surface area contributed by atoms with Crippen LogP contribution in [0.2, 0.25) is 0 Å². The third kappa shape index (κ3) is 7.72. The molecule has 0 saturated heterocycles. The summed E-state index contributed by atoms with van der Waals surface area (Å²) in [7, 11) is 0. The minimum absolute atomic E-state index is 0.522. The molecule has 0 amide bonds. The van der Waals surface area contributed by atoms with E-state index in [9.17, 15) is 5.26 Å². The topological polar surface area (TPSA) is 59.4 Å². The average Bonchev–Trinajstić information content (AvgIpc) is 4.13. The Morgan fingerprint density at radius 2 is 0.605 bits per heavy atom. The van der Waals surface area contributed by atoms with E-state index in [1.807, 2.05) is 36.4 Å². The molecule has 3 aromatic heterocycles. The smallest absolute Gasteiger partial charge is 0.160 e. The van der Waals surface area contributed by atoms with Gasteiger partial charge in [-0.25, -0.2) is 9.97 Å². The van der Waals surface area contributed by atoms with E-state index < -0.39 is 0 Å². The molecule has 0 atom stereocenters. The van der Waals surface area contributed by atoms with Crippen molar-refractivity contribution in [3.63, 3.8) is 0 Å². The summed E-state index contributed by atoms with van der Waals surface area (Å²) in [6, 6.07) is 98.7. The first-order valence-corrected chi connectivity index (χ1v) is 25.6. The minimum Gasteiger partial charge on any atom is -0.309 e. The van der Waals surface area contributed by atoms with Gasteiger partial charge in [-0.3, -0.25) is 0 Å². The average molecular weight is 968 g/mol. The Morgan fingerprint density at radius 1 is 0.276 bits per heavy atom. The van der Waals surface area contributed by atoms with Crippen molar-refractivity contribution in [1.29, 1.82) is 5.26 Å². The fourth-order valence-electron chi connectivity index (χ4n) is 11.1. The van der Waals surface area contributed by atoms with Crippen molar-refractivity contribution in [2.75, 3.05) is 0 Å². The van der Waals surface area contributed by atoms with Gasteiger partial charge in [0.15, 0.2) is 5.82 Å². The molecule has 0 unspecified atom stereocenters. The number of nitrogens with zero attached hydrogens (tertiary/aromatic N) is 5. The summed E-state index contributed by atoms with van der Waals surface area (Å²) in [6.45, 7) is 0. The molecule has 76 heavy (non-hydrogen) atoms. The molecule has 0 bridgehead atoms. The molecule has 11 aromatic carbocycles. The monoisotopic (exact) mass is 967 g/mol. The molecule has 354 valence electrons. The summed E-state index contributed by atoms with van der Waals surface area (Å²) in [5.41, 5.74) is 19.4. The number of aromatic nitrogens is 4. The minimum atomic E-state index is 0.522. The highest BCUT2D eigenvalue weighted by Gasteiger charge is 2.25. The highest BCUT2D eigenvalue weighted by atomic mass is 15.0. The van der Waals surface area contributed by atoms with Crippen molar-refractivity contribution < 1.29 is 0 Å². The van der Waals surface area contributed by atoms with Gasteiger partial charge < -0.3 is 9.13 Å². The largest absolute Gasteiger partial charge is 0.309 e. The van der Waals surface area contributed by atoms with Crippen LogP contribution in [-0.4, -0.2) is 19.1 Å². The van der Waals surface area contributed by atoms with Crippen LogP contribution >= 0.6 is 0 Å². The number of fused-ring (bicyclic) bond motifs is 6. The molecule has 14 rings (SSSR count). The molecule has 0 aliphatic heterocycles. The van der Waals surface area contributed by atoms with Crippen LogP contribution in [0.15, 0.2) is 273 Å². The normalized spacial score (nSPS) is 11.4. The van der Waals surface area contributed by atoms with E-state index in [1.54, 1.807) is 0 Å². The fraction of sp³-hybridized carbons (Fsp3) is 0. The van der Waals surface area contributed by atoms with E-state index in [2.05, 4.69) is 252 Å². The van der Waals surface area contributed by atoms with Crippen molar-refractivity contribution in [3.8, 4) is 95.9 Å². The quantitative estimate of drug-likeness (QED) is 0.145. The van der Waals surface area contributed by atoms with E-state index in [0.717, 1.165) is 128 Å². The first-order chi connectivity index (χ1) is 37.6. The highest BCUT2D eigenvalue weighted by Crippen LogP contribution is 2.44. The number of rotatable bonds is 9. The summed E-state index contributed by atoms with van der Waals surface area (Å²) in [6.07, 6.45) is 0. The van der Waals surface area contributed by atoms with Crippen LogP contribution in [0.4, 0.5) is 0 Å². The Balaban J connectivity index is 1.10. The van der Waals surface area contributed by atoms with Gasteiger partial charge in [-0.1, -0.05) is 206 Å². The molecule has 14 aromatic rings. The van der Waals surface area contributed by atoms with E-state index in [4.69, 9.17) is 9.97 Å². The Morgan fingerprint density at radius 3 is 0.974 bits per heavy atom. The van der Waals surface area contributed by atoms with Crippen molar-refractivity contribution in [2.45, 2.75) is 0 Å². The van der Waals surface area contributed by atoms with Crippen LogP contribution in [0.5, 0.6) is 0 Å². The zero-order valence-corrected chi connectivity index (χ0v) is 41.2. The highest BCUT2D eigenvalue weighted by molar-refractivity contribution is 6.14. The molecule has 0 radical (unpaired) electrons. The van der Waals surface area contributed by atoms with Crippen molar-refractivity contribution >= 4 is 43.6 Å². The van der Waals surface area contributed by atoms with Gasteiger partial charge in [-0.2, -0.15) is 5.26 Å². The lowest BCUT2D eigenvalue weighted by molar-refractivity contribution is 1.12. The Labute approximate surface area is 440 Å². The maximum absolute atomic E-state index is 11.7. The maximum atomic E-state index is 11.7. The van der Waals surface area contributed by atoms with Crippen LogP contribution in [0, 0.1) is 11.3 Å². The van der Waals surface area contributed by atoms with Gasteiger partial charge in [0.25, 0.3) is 0 Å². The van der Waals surface area contributed by atoms with Crippen molar-refractivity contribution in [2.24, 2.45) is 0 Å². The lowest BCUT2D eigenvalue weighted by Crippen LogP contribution is -2.05. The van der Waals surface area contributed by atoms with Crippen LogP contribution in [-0.2, 0) is 0 Å². The number of nitriles is 1. The zero-order chi connectivity index (χ0) is 50.5. The van der Waals surface area contributed by atoms with Gasteiger partial charge in [-0.05, 0) is 111 Å². The zero-order valence-electron chi connectivity index (χ0n) is 41.2. The fourth-order valence-corrected chi connectivity index (χ4v) is 11.1. The van der Waals surface area contributed by atoms with Crippen LogP contribution in [0.1, 0.15) is 5.56 Å². The van der Waals surface area contributed by atoms with Crippen LogP contribution in [0.25, 0.3) is 133 Å². The summed E-state index contributed by atoms with van der Waals surface area (Å²) in [4.78, 5) is 10.8. The predicted molar refractivity (Wildman–Crippen MR) is 313 cm³/mol. The lowest BCUT2D eigenvalue weighted by atomic mass is 10.0. The van der Waals surface area contributed by atoms with E-state index in [1.165, 1.54) is 0 Å². The molecule has 3 heterocycles. The van der Waals surface area contributed by atoms with Gasteiger partial charge in [0.05, 0.1) is 50.4 Å². The van der Waals surface area contributed by atoms with E-state index >= 15 is 0 Å². The van der Waals surface area contributed by atoms with Crippen LogP contribution in [0.3, 0.4) is 0 Å². The molecule has 0 saturated carbocycles. The molecule has 5 nitrogen and oxygen atoms in total. The summed E-state index contributed by atoms with van der Waals surface area (Å²) in [5, 5.41) is 16.1. The number of benzene rings is 11. The standard InChI is InChI=1S/C71H45N5/c72-46-57-43-70(76-67-37-33-55(49-23-11-3-12-24-49)41-60(67)61-42-56(34-38-68(61)76)50-25-13-4-14-26-50)62(64-45-63(51-27-15-5-16-28-51)73-71(74-64)52-29-17-6-18-30-52)44-69(57)75-65-35-31-53(47-19-7-1-8-20-47)39-58(65)59-40-54(32-36-66(59)75)48-21-9-2-10-22-48/h1-45H. The summed E-state index contributed by atoms with van der Waals surface area (Å²) in [5.74, 6) is 0.606. The predicted octanol–water partition coefficient (Wildman–Crippen LogP) is 18.2. The maximum Gasteiger partial charge on any atom is 0.160 e. The Bertz CT molecular complexity index is 4290. The second-order valence-corrected chi connectivity index (χ2v) is 19.3. The van der Waals surface area contributed by atoms with Gasteiger partial charge in [-0.15, -0.1) is 0 Å².